The molecule has 17 heavy (non-hydrogen) atoms. The van der Waals surface area contributed by atoms with Gasteiger partial charge in [-0.3, -0.25) is 4.79 Å². The largest absolute Gasteiger partial charge is 0.460 e. The first-order valence-corrected chi connectivity index (χ1v) is 5.57. The van der Waals surface area contributed by atoms with E-state index in [4.69, 9.17) is 10.00 Å². The highest BCUT2D eigenvalue weighted by Gasteiger charge is 2.24. The Hall–Kier alpha value is -1.82. The fourth-order valence-corrected chi connectivity index (χ4v) is 1.49. The van der Waals surface area contributed by atoms with E-state index in [1.165, 1.54) is 0 Å². The van der Waals surface area contributed by atoms with Gasteiger partial charge in [-0.1, -0.05) is 18.2 Å². The molecule has 1 aromatic rings. The first-order chi connectivity index (χ1) is 7.85. The maximum atomic E-state index is 11.9. The van der Waals surface area contributed by atoms with Crippen LogP contribution < -0.4 is 0 Å². The summed E-state index contributed by atoms with van der Waals surface area (Å²) in [5.41, 5.74) is 0.725. The van der Waals surface area contributed by atoms with Crippen LogP contribution in [0.15, 0.2) is 24.3 Å². The van der Waals surface area contributed by atoms with Crippen LogP contribution in [-0.2, 0) is 9.53 Å². The number of carbonyl (C=O) groups is 1. The topological polar surface area (TPSA) is 50.1 Å². The first-order valence-electron chi connectivity index (χ1n) is 5.57. The van der Waals surface area contributed by atoms with Gasteiger partial charge in [-0.2, -0.15) is 5.26 Å². The van der Waals surface area contributed by atoms with E-state index in [0.29, 0.717) is 11.1 Å². The quantitative estimate of drug-likeness (QED) is 0.735. The number of esters is 1. The third-order valence-corrected chi connectivity index (χ3v) is 2.31. The second-order valence-corrected chi connectivity index (χ2v) is 4.95. The first kappa shape index (κ1) is 13.2. The fourth-order valence-electron chi connectivity index (χ4n) is 1.49. The Kier molecular flexibility index (Phi) is 3.90. The molecule has 0 aliphatic carbocycles. The minimum atomic E-state index is -0.507. The number of rotatable bonds is 2. The van der Waals surface area contributed by atoms with E-state index in [1.807, 2.05) is 26.8 Å². The summed E-state index contributed by atoms with van der Waals surface area (Å²) < 4.78 is 5.31. The van der Waals surface area contributed by atoms with Gasteiger partial charge < -0.3 is 4.74 Å². The van der Waals surface area contributed by atoms with Crippen molar-refractivity contribution in [2.24, 2.45) is 0 Å². The van der Waals surface area contributed by atoms with Gasteiger partial charge in [-0.15, -0.1) is 0 Å². The minimum Gasteiger partial charge on any atom is -0.460 e. The molecule has 1 atom stereocenters. The van der Waals surface area contributed by atoms with Gasteiger partial charge in [0.05, 0.1) is 17.6 Å². The number of benzene rings is 1. The molecule has 0 bridgehead atoms. The van der Waals surface area contributed by atoms with E-state index in [-0.39, 0.29) is 5.97 Å². The van der Waals surface area contributed by atoms with Crippen molar-refractivity contribution in [3.8, 4) is 6.07 Å². The molecule has 0 fully saturated rings. The van der Waals surface area contributed by atoms with E-state index >= 15 is 0 Å². The molecule has 3 heteroatoms. The second-order valence-electron chi connectivity index (χ2n) is 4.95. The standard InChI is InChI=1S/C14H17NO2/c1-10(13(16)17-14(2,3)4)12-8-6-5-7-11(12)9-15/h5-8,10H,1-4H3. The zero-order chi connectivity index (χ0) is 13.1. The summed E-state index contributed by atoms with van der Waals surface area (Å²) in [6.45, 7) is 7.24. The molecule has 0 spiro atoms. The zero-order valence-corrected chi connectivity index (χ0v) is 10.7. The number of hydrogen-bond acceptors (Lipinski definition) is 3. The fraction of sp³-hybridized carbons (Fsp3) is 0.429. The number of ether oxygens (including phenoxy) is 1. The lowest BCUT2D eigenvalue weighted by molar-refractivity contribution is -0.156. The van der Waals surface area contributed by atoms with Gasteiger partial charge in [0.1, 0.15) is 5.60 Å². The molecule has 3 nitrogen and oxygen atoms in total. The lowest BCUT2D eigenvalue weighted by atomic mass is 9.96. The van der Waals surface area contributed by atoms with E-state index in [2.05, 4.69) is 6.07 Å². The molecule has 0 heterocycles. The van der Waals surface area contributed by atoms with Crippen molar-refractivity contribution in [1.82, 2.24) is 0 Å². The van der Waals surface area contributed by atoms with E-state index in [1.54, 1.807) is 25.1 Å². The Morgan fingerprint density at radius 3 is 2.47 bits per heavy atom. The van der Waals surface area contributed by atoms with Crippen molar-refractivity contribution in [3.05, 3.63) is 35.4 Å². The molecule has 0 saturated carbocycles. The molecule has 0 aliphatic heterocycles. The van der Waals surface area contributed by atoms with E-state index in [0.717, 1.165) is 0 Å². The van der Waals surface area contributed by atoms with E-state index < -0.39 is 11.5 Å². The normalized spacial score (nSPS) is 12.6. The van der Waals surface area contributed by atoms with Gasteiger partial charge in [-0.05, 0) is 39.3 Å². The molecule has 0 radical (unpaired) electrons. The van der Waals surface area contributed by atoms with Crippen LogP contribution in [0.4, 0.5) is 0 Å². The van der Waals surface area contributed by atoms with Crippen LogP contribution in [-0.4, -0.2) is 11.6 Å². The summed E-state index contributed by atoms with van der Waals surface area (Å²) in [4.78, 5) is 11.9. The Morgan fingerprint density at radius 1 is 1.35 bits per heavy atom. The number of nitriles is 1. The highest BCUT2D eigenvalue weighted by atomic mass is 16.6. The van der Waals surface area contributed by atoms with Gasteiger partial charge in [0, 0.05) is 0 Å². The molecule has 1 aromatic carbocycles. The monoisotopic (exact) mass is 231 g/mol. The van der Waals surface area contributed by atoms with Gasteiger partial charge in [-0.25, -0.2) is 0 Å². The minimum absolute atomic E-state index is 0.305. The third kappa shape index (κ3) is 3.60. The third-order valence-electron chi connectivity index (χ3n) is 2.31. The van der Waals surface area contributed by atoms with Crippen LogP contribution in [0.2, 0.25) is 0 Å². The predicted octanol–water partition coefficient (Wildman–Crippen LogP) is 3.00. The van der Waals surface area contributed by atoms with Crippen LogP contribution in [0.5, 0.6) is 0 Å². The maximum absolute atomic E-state index is 11.9. The predicted molar refractivity (Wildman–Crippen MR) is 65.4 cm³/mol. The molecule has 1 rings (SSSR count). The summed E-state index contributed by atoms with van der Waals surface area (Å²) in [5.74, 6) is -0.731. The van der Waals surface area contributed by atoms with Crippen molar-refractivity contribution in [3.63, 3.8) is 0 Å². The van der Waals surface area contributed by atoms with Gasteiger partial charge in [0.15, 0.2) is 0 Å². The SMILES string of the molecule is CC(C(=O)OC(C)(C)C)c1ccccc1C#N. The molecule has 1 unspecified atom stereocenters. The summed E-state index contributed by atoms with van der Waals surface area (Å²) in [5, 5.41) is 8.98. The molecular weight excluding hydrogens is 214 g/mol. The lowest BCUT2D eigenvalue weighted by Crippen LogP contribution is -2.27. The number of nitrogens with zero attached hydrogens (tertiary/aromatic N) is 1. The van der Waals surface area contributed by atoms with E-state index in [9.17, 15) is 4.79 Å². The Balaban J connectivity index is 2.94. The van der Waals surface area contributed by atoms with Crippen molar-refractivity contribution >= 4 is 5.97 Å². The van der Waals surface area contributed by atoms with Crippen molar-refractivity contribution in [1.29, 1.82) is 5.26 Å². The van der Waals surface area contributed by atoms with Crippen LogP contribution in [0.25, 0.3) is 0 Å². The lowest BCUT2D eigenvalue weighted by Gasteiger charge is -2.22. The molecule has 90 valence electrons. The van der Waals surface area contributed by atoms with Gasteiger partial charge in [0.2, 0.25) is 0 Å². The van der Waals surface area contributed by atoms with Crippen molar-refractivity contribution < 1.29 is 9.53 Å². The van der Waals surface area contributed by atoms with Crippen molar-refractivity contribution in [2.45, 2.75) is 39.2 Å². The smallest absolute Gasteiger partial charge is 0.313 e. The molecule has 0 amide bonds. The second kappa shape index (κ2) is 5.01. The average Bonchev–Trinajstić information content (AvgIpc) is 2.25. The Labute approximate surface area is 102 Å². The van der Waals surface area contributed by atoms with Gasteiger partial charge in [0.25, 0.3) is 0 Å². The van der Waals surface area contributed by atoms with Crippen LogP contribution >= 0.6 is 0 Å². The van der Waals surface area contributed by atoms with Gasteiger partial charge >= 0.3 is 5.97 Å². The van der Waals surface area contributed by atoms with Crippen molar-refractivity contribution in [2.75, 3.05) is 0 Å². The highest BCUT2D eigenvalue weighted by Crippen LogP contribution is 2.22. The summed E-state index contributed by atoms with van der Waals surface area (Å²) >= 11 is 0. The number of hydrogen-bond donors (Lipinski definition) is 0. The molecule has 0 aliphatic rings. The number of carbonyl (C=O) groups excluding carboxylic acids is 1. The molecule has 0 aromatic heterocycles. The Morgan fingerprint density at radius 2 is 1.94 bits per heavy atom. The highest BCUT2D eigenvalue weighted by molar-refractivity contribution is 5.79. The molecule has 0 N–H and O–H groups in total. The average molecular weight is 231 g/mol. The Bertz CT molecular complexity index is 452. The van der Waals surface area contributed by atoms with Crippen LogP contribution in [0.3, 0.4) is 0 Å². The zero-order valence-electron chi connectivity index (χ0n) is 10.7. The van der Waals surface area contributed by atoms with Crippen LogP contribution in [0.1, 0.15) is 44.7 Å². The molecule has 0 saturated heterocycles. The molecular formula is C14H17NO2. The summed E-state index contributed by atoms with van der Waals surface area (Å²) in [6, 6.07) is 9.17. The summed E-state index contributed by atoms with van der Waals surface area (Å²) in [7, 11) is 0. The van der Waals surface area contributed by atoms with Crippen LogP contribution in [0, 0.1) is 11.3 Å². The summed E-state index contributed by atoms with van der Waals surface area (Å²) in [6.07, 6.45) is 0. The maximum Gasteiger partial charge on any atom is 0.313 e.